The standard InChI is InChI=1S/C22H21F3O5/c1-15(19(13-27-2)21(26)28-3)20(22(23,24)25)14-29-16-9-11-18(12-10-16)30-17-7-5-4-6-8-17/h4-13H,14H2,1-3H3. The Bertz CT molecular complexity index is 901. The fraction of sp³-hybridized carbons (Fsp3) is 0.227. The lowest BCUT2D eigenvalue weighted by Crippen LogP contribution is -2.22. The molecule has 0 aliphatic heterocycles. The highest BCUT2D eigenvalue weighted by molar-refractivity contribution is 5.93. The van der Waals surface area contributed by atoms with Crippen LogP contribution in [0.25, 0.3) is 0 Å². The number of para-hydroxylation sites is 1. The monoisotopic (exact) mass is 422 g/mol. The first kappa shape index (κ1) is 22.9. The van der Waals surface area contributed by atoms with Crippen molar-refractivity contribution < 1.29 is 36.9 Å². The van der Waals surface area contributed by atoms with Gasteiger partial charge in [-0.05, 0) is 48.9 Å². The topological polar surface area (TPSA) is 54.0 Å². The van der Waals surface area contributed by atoms with Gasteiger partial charge in [-0.25, -0.2) is 4.79 Å². The van der Waals surface area contributed by atoms with Crippen LogP contribution in [-0.2, 0) is 14.3 Å². The number of ether oxygens (including phenoxy) is 4. The van der Waals surface area contributed by atoms with Gasteiger partial charge in [0.15, 0.2) is 0 Å². The van der Waals surface area contributed by atoms with Crippen molar-refractivity contribution in [3.8, 4) is 17.2 Å². The lowest BCUT2D eigenvalue weighted by atomic mass is 10.0. The molecule has 0 bridgehead atoms. The molecule has 2 aromatic rings. The van der Waals surface area contributed by atoms with Gasteiger partial charge in [-0.2, -0.15) is 13.2 Å². The Kier molecular flexibility index (Phi) is 7.91. The van der Waals surface area contributed by atoms with Gasteiger partial charge in [-0.3, -0.25) is 0 Å². The van der Waals surface area contributed by atoms with Gasteiger partial charge in [0.05, 0.1) is 31.6 Å². The zero-order valence-electron chi connectivity index (χ0n) is 16.7. The second-order valence-corrected chi connectivity index (χ2v) is 6.04. The second kappa shape index (κ2) is 10.4. The van der Waals surface area contributed by atoms with E-state index in [9.17, 15) is 18.0 Å². The minimum atomic E-state index is -4.72. The SMILES string of the molecule is COC=C(C(=O)OC)C(C)=C(COc1ccc(Oc2ccccc2)cc1)C(F)(F)F. The van der Waals surface area contributed by atoms with E-state index < -0.39 is 24.3 Å². The van der Waals surface area contributed by atoms with Gasteiger partial charge < -0.3 is 18.9 Å². The van der Waals surface area contributed by atoms with Crippen LogP contribution in [0.15, 0.2) is 77.6 Å². The zero-order valence-corrected chi connectivity index (χ0v) is 16.7. The molecule has 0 unspecified atom stereocenters. The third-order valence-corrected chi connectivity index (χ3v) is 4.03. The molecule has 2 aromatic carbocycles. The fourth-order valence-corrected chi connectivity index (χ4v) is 2.47. The summed E-state index contributed by atoms with van der Waals surface area (Å²) in [6.07, 6.45) is -3.82. The Labute approximate surface area is 172 Å². The lowest BCUT2D eigenvalue weighted by Gasteiger charge is -2.17. The molecule has 0 heterocycles. The Morgan fingerprint density at radius 3 is 2.03 bits per heavy atom. The van der Waals surface area contributed by atoms with Crippen molar-refractivity contribution in [2.45, 2.75) is 13.1 Å². The number of hydrogen-bond acceptors (Lipinski definition) is 5. The average molecular weight is 422 g/mol. The Morgan fingerprint density at radius 1 is 0.933 bits per heavy atom. The molecule has 0 saturated carbocycles. The molecule has 0 radical (unpaired) electrons. The Balaban J connectivity index is 2.18. The van der Waals surface area contributed by atoms with Crippen LogP contribution in [-0.4, -0.2) is 33.0 Å². The third kappa shape index (κ3) is 6.30. The molecule has 0 amide bonds. The van der Waals surface area contributed by atoms with E-state index in [1.807, 2.05) is 18.2 Å². The molecule has 0 fully saturated rings. The Morgan fingerprint density at radius 2 is 1.50 bits per heavy atom. The predicted molar refractivity (Wildman–Crippen MR) is 104 cm³/mol. The number of methoxy groups -OCH3 is 2. The van der Waals surface area contributed by atoms with Crippen LogP contribution < -0.4 is 9.47 Å². The van der Waals surface area contributed by atoms with E-state index in [4.69, 9.17) is 14.2 Å². The van der Waals surface area contributed by atoms with Gasteiger partial charge in [-0.15, -0.1) is 0 Å². The molecule has 0 aliphatic rings. The van der Waals surface area contributed by atoms with Crippen LogP contribution in [0.1, 0.15) is 6.92 Å². The molecule has 0 N–H and O–H groups in total. The van der Waals surface area contributed by atoms with Gasteiger partial charge in [0.2, 0.25) is 0 Å². The maximum atomic E-state index is 13.6. The van der Waals surface area contributed by atoms with Crippen molar-refractivity contribution in [2.24, 2.45) is 0 Å². The summed E-state index contributed by atoms with van der Waals surface area (Å²) in [7, 11) is 2.29. The molecule has 5 nitrogen and oxygen atoms in total. The highest BCUT2D eigenvalue weighted by Crippen LogP contribution is 2.32. The van der Waals surface area contributed by atoms with E-state index in [1.165, 1.54) is 19.2 Å². The molecule has 0 aliphatic carbocycles. The van der Waals surface area contributed by atoms with Crippen molar-refractivity contribution in [3.63, 3.8) is 0 Å². The zero-order chi connectivity index (χ0) is 22.1. The number of halogens is 3. The second-order valence-electron chi connectivity index (χ2n) is 6.04. The van der Waals surface area contributed by atoms with E-state index in [0.717, 1.165) is 20.3 Å². The number of benzene rings is 2. The number of rotatable bonds is 8. The number of hydrogen-bond donors (Lipinski definition) is 0. The van der Waals surface area contributed by atoms with Crippen molar-refractivity contribution in [1.82, 2.24) is 0 Å². The number of carbonyl (C=O) groups excluding carboxylic acids is 1. The first-order valence-corrected chi connectivity index (χ1v) is 8.80. The summed E-state index contributed by atoms with van der Waals surface area (Å²) in [5.74, 6) is 0.399. The van der Waals surface area contributed by atoms with Crippen LogP contribution in [0.2, 0.25) is 0 Å². The molecule has 0 spiro atoms. The minimum Gasteiger partial charge on any atom is -0.503 e. The molecule has 8 heteroatoms. The van der Waals surface area contributed by atoms with Crippen LogP contribution in [0.5, 0.6) is 17.2 Å². The quantitative estimate of drug-likeness (QED) is 0.245. The molecule has 160 valence electrons. The lowest BCUT2D eigenvalue weighted by molar-refractivity contribution is -0.136. The maximum absolute atomic E-state index is 13.6. The van der Waals surface area contributed by atoms with E-state index in [0.29, 0.717) is 11.5 Å². The maximum Gasteiger partial charge on any atom is 0.416 e. The van der Waals surface area contributed by atoms with Crippen molar-refractivity contribution in [3.05, 3.63) is 77.6 Å². The molecular formula is C22H21F3O5. The number of esters is 1. The van der Waals surface area contributed by atoms with Crippen LogP contribution >= 0.6 is 0 Å². The van der Waals surface area contributed by atoms with Crippen LogP contribution in [0.4, 0.5) is 13.2 Å². The Hall–Kier alpha value is -3.42. The summed E-state index contributed by atoms with van der Waals surface area (Å²) < 4.78 is 60.9. The summed E-state index contributed by atoms with van der Waals surface area (Å²) in [6.45, 7) is 0.358. The largest absolute Gasteiger partial charge is 0.503 e. The molecule has 0 aromatic heterocycles. The predicted octanol–water partition coefficient (Wildman–Crippen LogP) is 5.44. The summed E-state index contributed by atoms with van der Waals surface area (Å²) in [6, 6.07) is 15.2. The minimum absolute atomic E-state index is 0.209. The van der Waals surface area contributed by atoms with Gasteiger partial charge in [0, 0.05) is 0 Å². The number of alkyl halides is 3. The van der Waals surface area contributed by atoms with Crippen LogP contribution in [0, 0.1) is 0 Å². The normalized spacial score (nSPS) is 12.7. The van der Waals surface area contributed by atoms with Gasteiger partial charge >= 0.3 is 12.1 Å². The molecule has 0 atom stereocenters. The van der Waals surface area contributed by atoms with Crippen molar-refractivity contribution in [2.75, 3.05) is 20.8 Å². The third-order valence-electron chi connectivity index (χ3n) is 4.03. The number of carbonyl (C=O) groups is 1. The van der Waals surface area contributed by atoms with Crippen molar-refractivity contribution in [1.29, 1.82) is 0 Å². The van der Waals surface area contributed by atoms with E-state index in [2.05, 4.69) is 4.74 Å². The highest BCUT2D eigenvalue weighted by Gasteiger charge is 2.37. The molecule has 0 saturated heterocycles. The first-order valence-electron chi connectivity index (χ1n) is 8.80. The van der Waals surface area contributed by atoms with Crippen LogP contribution in [0.3, 0.4) is 0 Å². The highest BCUT2D eigenvalue weighted by atomic mass is 19.4. The fourth-order valence-electron chi connectivity index (χ4n) is 2.47. The molecule has 2 rings (SSSR count). The summed E-state index contributed by atoms with van der Waals surface area (Å²) in [4.78, 5) is 11.8. The van der Waals surface area contributed by atoms with E-state index in [1.54, 1.807) is 24.3 Å². The van der Waals surface area contributed by atoms with E-state index >= 15 is 0 Å². The van der Waals surface area contributed by atoms with Gasteiger partial charge in [-0.1, -0.05) is 18.2 Å². The van der Waals surface area contributed by atoms with Gasteiger partial charge in [0.1, 0.15) is 23.9 Å². The van der Waals surface area contributed by atoms with E-state index in [-0.39, 0.29) is 16.9 Å². The first-order chi connectivity index (χ1) is 14.3. The molecule has 30 heavy (non-hydrogen) atoms. The summed E-state index contributed by atoms with van der Waals surface area (Å²) in [5.41, 5.74) is -1.72. The smallest absolute Gasteiger partial charge is 0.416 e. The summed E-state index contributed by atoms with van der Waals surface area (Å²) in [5, 5.41) is 0. The average Bonchev–Trinajstić information content (AvgIpc) is 2.72. The van der Waals surface area contributed by atoms with Crippen molar-refractivity contribution >= 4 is 5.97 Å². The molecular weight excluding hydrogens is 401 g/mol. The van der Waals surface area contributed by atoms with Gasteiger partial charge in [0.25, 0.3) is 0 Å². The summed E-state index contributed by atoms with van der Waals surface area (Å²) >= 11 is 0.